The zero-order valence-corrected chi connectivity index (χ0v) is 14.6. The first-order chi connectivity index (χ1) is 12.5. The fraction of sp³-hybridized carbons (Fsp3) is 0.200. The van der Waals surface area contributed by atoms with Crippen LogP contribution in [0.2, 0.25) is 0 Å². The highest BCUT2D eigenvalue weighted by atomic mass is 16.5. The van der Waals surface area contributed by atoms with Crippen molar-refractivity contribution >= 4 is 34.1 Å². The number of aryl methyl sites for hydroxylation is 1. The summed E-state index contributed by atoms with van der Waals surface area (Å²) in [6.45, 7) is 3.66. The minimum Gasteiger partial charge on any atom is -0.479 e. The quantitative estimate of drug-likeness (QED) is 0.678. The lowest BCUT2D eigenvalue weighted by Gasteiger charge is -2.23. The Morgan fingerprint density at radius 1 is 1.23 bits per heavy atom. The number of rotatable bonds is 3. The van der Waals surface area contributed by atoms with Crippen LogP contribution in [0.5, 0.6) is 5.75 Å². The van der Waals surface area contributed by atoms with Crippen LogP contribution >= 0.6 is 0 Å². The van der Waals surface area contributed by atoms with Gasteiger partial charge in [-0.25, -0.2) is 0 Å². The van der Waals surface area contributed by atoms with E-state index in [-0.39, 0.29) is 18.2 Å². The molecule has 1 unspecified atom stereocenters. The predicted molar refractivity (Wildman–Crippen MR) is 101 cm³/mol. The molecule has 3 N–H and O–H groups in total. The van der Waals surface area contributed by atoms with E-state index in [1.807, 2.05) is 31.2 Å². The van der Waals surface area contributed by atoms with Crippen LogP contribution in [0, 0.1) is 6.92 Å². The van der Waals surface area contributed by atoms with Crippen LogP contribution in [0.1, 0.15) is 18.2 Å². The summed E-state index contributed by atoms with van der Waals surface area (Å²) in [5.41, 5.74) is 4.18. The number of nitrogens with one attached hydrogen (secondary N) is 3. The maximum atomic E-state index is 12.5. The lowest BCUT2D eigenvalue weighted by molar-refractivity contribution is -0.122. The van der Waals surface area contributed by atoms with E-state index >= 15 is 0 Å². The molecule has 0 radical (unpaired) electrons. The summed E-state index contributed by atoms with van der Waals surface area (Å²) in [7, 11) is 0. The average Bonchev–Trinajstić information content (AvgIpc) is 2.92. The largest absolute Gasteiger partial charge is 0.479 e. The molecule has 4 rings (SSSR count). The van der Waals surface area contributed by atoms with Crippen molar-refractivity contribution in [3.63, 3.8) is 0 Å². The van der Waals surface area contributed by atoms with Gasteiger partial charge in [-0.05, 0) is 43.7 Å². The Bertz CT molecular complexity index is 1020. The summed E-state index contributed by atoms with van der Waals surface area (Å²) >= 11 is 0. The number of aromatic amines is 1. The molecular formula is C20H19N3O3. The molecule has 26 heavy (non-hydrogen) atoms. The first-order valence-electron chi connectivity index (χ1n) is 8.49. The lowest BCUT2D eigenvalue weighted by atomic mass is 10.1. The molecule has 0 saturated heterocycles. The zero-order chi connectivity index (χ0) is 18.3. The Hall–Kier alpha value is -3.28. The molecule has 0 fully saturated rings. The number of anilines is 2. The number of fused-ring (bicyclic) bond motifs is 2. The van der Waals surface area contributed by atoms with Crippen molar-refractivity contribution in [2.75, 3.05) is 10.6 Å². The topological polar surface area (TPSA) is 83.2 Å². The van der Waals surface area contributed by atoms with Crippen LogP contribution in [0.3, 0.4) is 0 Å². The Morgan fingerprint density at radius 3 is 2.88 bits per heavy atom. The molecular weight excluding hydrogens is 330 g/mol. The number of amides is 2. The van der Waals surface area contributed by atoms with E-state index < -0.39 is 6.10 Å². The number of hydrogen-bond donors (Lipinski definition) is 3. The monoisotopic (exact) mass is 349 g/mol. The highest BCUT2D eigenvalue weighted by Gasteiger charge is 2.23. The van der Waals surface area contributed by atoms with Gasteiger partial charge in [0, 0.05) is 22.3 Å². The van der Waals surface area contributed by atoms with Gasteiger partial charge in [0.15, 0.2) is 6.10 Å². The van der Waals surface area contributed by atoms with E-state index in [0.717, 1.165) is 22.2 Å². The predicted octanol–water partition coefficient (Wildman–Crippen LogP) is 3.38. The molecule has 132 valence electrons. The van der Waals surface area contributed by atoms with Gasteiger partial charge < -0.3 is 20.4 Å². The van der Waals surface area contributed by atoms with Crippen LogP contribution in [0.15, 0.2) is 42.5 Å². The van der Waals surface area contributed by atoms with Gasteiger partial charge in [-0.1, -0.05) is 18.2 Å². The van der Waals surface area contributed by atoms with E-state index in [4.69, 9.17) is 4.74 Å². The molecule has 6 heteroatoms. The highest BCUT2D eigenvalue weighted by Crippen LogP contribution is 2.32. The minimum absolute atomic E-state index is 0.116. The molecule has 1 aliphatic rings. The van der Waals surface area contributed by atoms with Gasteiger partial charge in [0.25, 0.3) is 5.91 Å². The third kappa shape index (κ3) is 2.90. The Morgan fingerprint density at radius 2 is 2.04 bits per heavy atom. The maximum Gasteiger partial charge on any atom is 0.265 e. The van der Waals surface area contributed by atoms with Gasteiger partial charge >= 0.3 is 0 Å². The number of H-pyrrole nitrogens is 1. The molecule has 3 aromatic rings. The van der Waals surface area contributed by atoms with Crippen molar-refractivity contribution in [2.24, 2.45) is 0 Å². The molecule has 2 aromatic carbocycles. The minimum atomic E-state index is -0.521. The van der Waals surface area contributed by atoms with Crippen LogP contribution in [0.25, 0.3) is 10.9 Å². The molecule has 2 heterocycles. The van der Waals surface area contributed by atoms with Gasteiger partial charge in [-0.2, -0.15) is 0 Å². The van der Waals surface area contributed by atoms with E-state index in [2.05, 4.69) is 15.6 Å². The van der Waals surface area contributed by atoms with Gasteiger partial charge in [-0.3, -0.25) is 9.59 Å². The summed E-state index contributed by atoms with van der Waals surface area (Å²) < 4.78 is 5.52. The van der Waals surface area contributed by atoms with E-state index in [1.54, 1.807) is 25.1 Å². The maximum absolute atomic E-state index is 12.5. The second kappa shape index (κ2) is 6.22. The van der Waals surface area contributed by atoms with E-state index in [9.17, 15) is 9.59 Å². The second-order valence-electron chi connectivity index (χ2n) is 6.46. The van der Waals surface area contributed by atoms with Gasteiger partial charge in [0.1, 0.15) is 5.75 Å². The fourth-order valence-corrected chi connectivity index (χ4v) is 3.21. The number of carbonyl (C=O) groups excluding carboxylic acids is 2. The normalized spacial score (nSPS) is 15.9. The first kappa shape index (κ1) is 16.2. The fourth-order valence-electron chi connectivity index (χ4n) is 3.21. The van der Waals surface area contributed by atoms with Gasteiger partial charge in [0.2, 0.25) is 5.91 Å². The summed E-state index contributed by atoms with van der Waals surface area (Å²) in [6, 6.07) is 13.2. The molecule has 0 saturated carbocycles. The van der Waals surface area contributed by atoms with Crippen LogP contribution in [0.4, 0.5) is 11.4 Å². The van der Waals surface area contributed by atoms with Crippen molar-refractivity contribution in [1.82, 2.24) is 4.98 Å². The average molecular weight is 349 g/mol. The number of aromatic nitrogens is 1. The van der Waals surface area contributed by atoms with Crippen molar-refractivity contribution in [3.05, 3.63) is 53.7 Å². The third-order valence-electron chi connectivity index (χ3n) is 4.56. The molecule has 0 bridgehead atoms. The van der Waals surface area contributed by atoms with Crippen LogP contribution in [-0.4, -0.2) is 22.9 Å². The van der Waals surface area contributed by atoms with Crippen molar-refractivity contribution in [2.45, 2.75) is 26.4 Å². The first-order valence-corrected chi connectivity index (χ1v) is 8.49. The number of para-hydroxylation sites is 1. The second-order valence-corrected chi connectivity index (χ2v) is 6.46. The molecule has 1 aromatic heterocycles. The molecule has 2 amide bonds. The SMILES string of the molecule is Cc1[nH]c2ccccc2c1CC(=O)Nc1ccc2c(c1)NC(=O)C(C)O2. The van der Waals surface area contributed by atoms with Gasteiger partial charge in [-0.15, -0.1) is 0 Å². The van der Waals surface area contributed by atoms with Crippen LogP contribution < -0.4 is 15.4 Å². The lowest BCUT2D eigenvalue weighted by Crippen LogP contribution is -2.34. The van der Waals surface area contributed by atoms with E-state index in [1.165, 1.54) is 0 Å². The zero-order valence-electron chi connectivity index (χ0n) is 14.6. The third-order valence-corrected chi connectivity index (χ3v) is 4.56. The summed E-state index contributed by atoms with van der Waals surface area (Å²) in [6.07, 6.45) is -0.250. The summed E-state index contributed by atoms with van der Waals surface area (Å²) in [5.74, 6) is 0.284. The molecule has 0 aliphatic carbocycles. The molecule has 0 spiro atoms. The molecule has 6 nitrogen and oxygen atoms in total. The molecule has 1 aliphatic heterocycles. The Labute approximate surface area is 150 Å². The summed E-state index contributed by atoms with van der Waals surface area (Å²) in [4.78, 5) is 27.6. The van der Waals surface area contributed by atoms with Crippen LogP contribution in [-0.2, 0) is 16.0 Å². The van der Waals surface area contributed by atoms with Crippen molar-refractivity contribution in [3.8, 4) is 5.75 Å². The van der Waals surface area contributed by atoms with Crippen molar-refractivity contribution in [1.29, 1.82) is 0 Å². The highest BCUT2D eigenvalue weighted by molar-refractivity contribution is 6.00. The standard InChI is InChI=1S/C20H19N3O3/c1-11-15(14-5-3-4-6-16(14)21-11)10-19(24)22-13-7-8-18-17(9-13)23-20(25)12(2)26-18/h3-9,12,21H,10H2,1-2H3,(H,22,24)(H,23,25). The molecule has 1 atom stereocenters. The van der Waals surface area contributed by atoms with E-state index in [0.29, 0.717) is 17.1 Å². The number of carbonyl (C=O) groups is 2. The smallest absolute Gasteiger partial charge is 0.265 e. The number of benzene rings is 2. The van der Waals surface area contributed by atoms with Gasteiger partial charge in [0.05, 0.1) is 12.1 Å². The Balaban J connectivity index is 1.53. The Kier molecular flexibility index (Phi) is 3.88. The number of hydrogen-bond acceptors (Lipinski definition) is 3. The van der Waals surface area contributed by atoms with Crippen molar-refractivity contribution < 1.29 is 14.3 Å². The summed E-state index contributed by atoms with van der Waals surface area (Å²) in [5, 5.41) is 6.73. The number of ether oxygens (including phenoxy) is 1.